The molecule has 3 heterocycles. The number of hydrogen-bond acceptors (Lipinski definition) is 7. The van der Waals surface area contributed by atoms with Gasteiger partial charge in [0.15, 0.2) is 11.5 Å². The Hall–Kier alpha value is -3.39. The molecule has 0 saturated carbocycles. The second-order valence-electron chi connectivity index (χ2n) is 5.19. The number of aromatic hydroxyl groups is 2. The Morgan fingerprint density at radius 2 is 2.12 bits per heavy atom. The van der Waals surface area contributed by atoms with E-state index in [4.69, 9.17) is 4.42 Å². The molecule has 0 spiro atoms. The molecule has 0 saturated heterocycles. The fourth-order valence-electron chi connectivity index (χ4n) is 2.37. The number of benzene rings is 1. The first kappa shape index (κ1) is 15.2. The van der Waals surface area contributed by atoms with E-state index in [9.17, 15) is 15.0 Å². The molecule has 0 aliphatic carbocycles. The van der Waals surface area contributed by atoms with E-state index in [-0.39, 0.29) is 17.1 Å². The van der Waals surface area contributed by atoms with E-state index in [2.05, 4.69) is 10.1 Å². The number of aromatic nitrogens is 2. The summed E-state index contributed by atoms with van der Waals surface area (Å²) < 4.78 is 6.49. The second kappa shape index (κ2) is 5.91. The molecule has 0 atom stereocenters. The number of hydrogen-bond donors (Lipinski definition) is 2. The number of phenolic OH excluding ortho intramolecular Hbond substituents is 2. The molecule has 0 unspecified atom stereocenters. The molecule has 124 valence electrons. The third-order valence-electron chi connectivity index (χ3n) is 3.60. The predicted molar refractivity (Wildman–Crippen MR) is 94.3 cm³/mol. The first-order valence-corrected chi connectivity index (χ1v) is 8.10. The first-order valence-electron chi connectivity index (χ1n) is 7.22. The molecule has 0 aliphatic rings. The van der Waals surface area contributed by atoms with E-state index in [0.29, 0.717) is 27.1 Å². The van der Waals surface area contributed by atoms with Gasteiger partial charge in [-0.3, -0.25) is 4.79 Å². The van der Waals surface area contributed by atoms with Crippen LogP contribution in [0.15, 0.2) is 62.6 Å². The minimum atomic E-state index is -0.322. The van der Waals surface area contributed by atoms with Gasteiger partial charge in [0.2, 0.25) is 0 Å². The Balaban J connectivity index is 1.79. The van der Waals surface area contributed by atoms with Crippen LogP contribution in [0.4, 0.5) is 0 Å². The molecule has 1 aromatic carbocycles. The molecule has 25 heavy (non-hydrogen) atoms. The van der Waals surface area contributed by atoms with Crippen LogP contribution in [0.25, 0.3) is 21.5 Å². The fourth-order valence-corrected chi connectivity index (χ4v) is 3.26. The van der Waals surface area contributed by atoms with Gasteiger partial charge in [-0.05, 0) is 35.9 Å². The number of fused-ring (bicyclic) bond motifs is 1. The molecule has 4 aromatic rings. The summed E-state index contributed by atoms with van der Waals surface area (Å²) in [6, 6.07) is 7.78. The highest BCUT2D eigenvalue weighted by atomic mass is 32.1. The zero-order valence-corrected chi connectivity index (χ0v) is 13.5. The van der Waals surface area contributed by atoms with Crippen molar-refractivity contribution in [1.29, 1.82) is 0 Å². The van der Waals surface area contributed by atoms with Crippen molar-refractivity contribution in [3.8, 4) is 22.8 Å². The van der Waals surface area contributed by atoms with E-state index in [1.165, 1.54) is 36.0 Å². The van der Waals surface area contributed by atoms with Crippen LogP contribution in [0.5, 0.6) is 11.5 Å². The Labute approximate surface area is 144 Å². The number of rotatable bonds is 3. The summed E-state index contributed by atoms with van der Waals surface area (Å²) in [6.45, 7) is 0. The second-order valence-corrected chi connectivity index (χ2v) is 6.05. The highest BCUT2D eigenvalue weighted by molar-refractivity contribution is 7.17. The van der Waals surface area contributed by atoms with Crippen molar-refractivity contribution < 1.29 is 14.6 Å². The third-order valence-corrected chi connectivity index (χ3v) is 4.48. The zero-order chi connectivity index (χ0) is 17.4. The molecule has 8 heteroatoms. The highest BCUT2D eigenvalue weighted by Gasteiger charge is 2.14. The maximum absolute atomic E-state index is 12.7. The summed E-state index contributed by atoms with van der Waals surface area (Å²) in [4.78, 5) is 17.6. The van der Waals surface area contributed by atoms with Crippen molar-refractivity contribution in [2.24, 2.45) is 5.10 Å². The molecular weight excluding hydrogens is 342 g/mol. The Kier molecular flexibility index (Phi) is 3.58. The number of nitrogens with zero attached hydrogens (tertiary/aromatic N) is 3. The standard InChI is InChI=1S/C17H11N3O4S/c21-12-4-3-10(6-13(12)22)7-19-20-9-18-16-15(17(20)23)11(8-25-16)14-2-1-5-24-14/h1-9,21-22H/b19-7+. The third kappa shape index (κ3) is 2.68. The van der Waals surface area contributed by atoms with E-state index in [0.717, 1.165) is 4.68 Å². The average Bonchev–Trinajstić information content (AvgIpc) is 3.26. The van der Waals surface area contributed by atoms with Crippen molar-refractivity contribution in [1.82, 2.24) is 9.66 Å². The van der Waals surface area contributed by atoms with Gasteiger partial charge < -0.3 is 14.6 Å². The average molecular weight is 353 g/mol. The van der Waals surface area contributed by atoms with Gasteiger partial charge in [-0.15, -0.1) is 11.3 Å². The van der Waals surface area contributed by atoms with Gasteiger partial charge in [-0.25, -0.2) is 4.98 Å². The van der Waals surface area contributed by atoms with E-state index in [1.807, 2.05) is 5.38 Å². The summed E-state index contributed by atoms with van der Waals surface area (Å²) in [7, 11) is 0. The Morgan fingerprint density at radius 1 is 1.24 bits per heavy atom. The number of phenols is 2. The molecule has 4 rings (SSSR count). The highest BCUT2D eigenvalue weighted by Crippen LogP contribution is 2.30. The molecule has 0 fully saturated rings. The van der Waals surface area contributed by atoms with Crippen molar-refractivity contribution in [2.75, 3.05) is 0 Å². The molecule has 3 aromatic heterocycles. The Bertz CT molecular complexity index is 1140. The van der Waals surface area contributed by atoms with Crippen LogP contribution in [0.3, 0.4) is 0 Å². The summed E-state index contributed by atoms with van der Waals surface area (Å²) in [5, 5.41) is 25.2. The maximum atomic E-state index is 12.7. The lowest BCUT2D eigenvalue weighted by atomic mass is 10.2. The lowest BCUT2D eigenvalue weighted by molar-refractivity contribution is 0.403. The summed E-state index contributed by atoms with van der Waals surface area (Å²) >= 11 is 1.36. The van der Waals surface area contributed by atoms with Crippen LogP contribution in [0.1, 0.15) is 5.56 Å². The van der Waals surface area contributed by atoms with Crippen molar-refractivity contribution in [3.05, 3.63) is 64.2 Å². The smallest absolute Gasteiger partial charge is 0.283 e. The molecular formula is C17H11N3O4S. The fraction of sp³-hybridized carbons (Fsp3) is 0. The molecule has 0 bridgehead atoms. The normalized spacial score (nSPS) is 11.5. The zero-order valence-electron chi connectivity index (χ0n) is 12.7. The van der Waals surface area contributed by atoms with Crippen LogP contribution in [0.2, 0.25) is 0 Å². The maximum Gasteiger partial charge on any atom is 0.283 e. The van der Waals surface area contributed by atoms with Gasteiger partial charge in [0.05, 0.1) is 17.9 Å². The van der Waals surface area contributed by atoms with E-state index in [1.54, 1.807) is 24.5 Å². The predicted octanol–water partition coefficient (Wildman–Crippen LogP) is 3.01. The van der Waals surface area contributed by atoms with E-state index >= 15 is 0 Å². The van der Waals surface area contributed by atoms with Crippen LogP contribution in [-0.2, 0) is 0 Å². The molecule has 0 aliphatic heterocycles. The van der Waals surface area contributed by atoms with Crippen LogP contribution >= 0.6 is 11.3 Å². The quantitative estimate of drug-likeness (QED) is 0.435. The molecule has 2 N–H and O–H groups in total. The van der Waals surface area contributed by atoms with Crippen molar-refractivity contribution in [2.45, 2.75) is 0 Å². The monoisotopic (exact) mass is 353 g/mol. The summed E-state index contributed by atoms with van der Waals surface area (Å²) in [6.07, 6.45) is 4.28. The number of furan rings is 1. The minimum Gasteiger partial charge on any atom is -0.504 e. The van der Waals surface area contributed by atoms with Crippen LogP contribution in [-0.4, -0.2) is 26.1 Å². The largest absolute Gasteiger partial charge is 0.504 e. The SMILES string of the molecule is O=c1c2c(-c3ccco3)csc2ncn1/N=C/c1ccc(O)c(O)c1. The van der Waals surface area contributed by atoms with Crippen molar-refractivity contribution in [3.63, 3.8) is 0 Å². The van der Waals surface area contributed by atoms with Gasteiger partial charge in [0.1, 0.15) is 16.9 Å². The topological polar surface area (TPSA) is 101 Å². The van der Waals surface area contributed by atoms with Gasteiger partial charge in [-0.2, -0.15) is 9.78 Å². The lowest BCUT2D eigenvalue weighted by Gasteiger charge is -2.00. The molecule has 7 nitrogen and oxygen atoms in total. The summed E-state index contributed by atoms with van der Waals surface area (Å²) in [5.74, 6) is 0.108. The van der Waals surface area contributed by atoms with Gasteiger partial charge in [0, 0.05) is 10.9 Å². The first-order chi connectivity index (χ1) is 12.1. The molecule has 0 radical (unpaired) electrons. The van der Waals surface area contributed by atoms with Gasteiger partial charge >= 0.3 is 0 Å². The van der Waals surface area contributed by atoms with Crippen LogP contribution in [0, 0.1) is 0 Å². The minimum absolute atomic E-state index is 0.223. The van der Waals surface area contributed by atoms with E-state index < -0.39 is 0 Å². The van der Waals surface area contributed by atoms with Gasteiger partial charge in [-0.1, -0.05) is 0 Å². The lowest BCUT2D eigenvalue weighted by Crippen LogP contribution is -2.16. The van der Waals surface area contributed by atoms with Gasteiger partial charge in [0.25, 0.3) is 5.56 Å². The summed E-state index contributed by atoms with van der Waals surface area (Å²) in [5.41, 5.74) is 0.880. The molecule has 0 amide bonds. The number of thiophene rings is 1. The Morgan fingerprint density at radius 3 is 2.88 bits per heavy atom. The van der Waals surface area contributed by atoms with Crippen LogP contribution < -0.4 is 5.56 Å². The van der Waals surface area contributed by atoms with Crippen molar-refractivity contribution >= 4 is 27.8 Å².